The first-order valence-corrected chi connectivity index (χ1v) is 10.6. The number of carbonyl (C=O) groups excluding carboxylic acids is 2. The molecular formula is C22H24N6O3. The molecule has 0 radical (unpaired) electrons. The fourth-order valence-electron chi connectivity index (χ4n) is 4.25. The second-order valence-corrected chi connectivity index (χ2v) is 8.06. The highest BCUT2D eigenvalue weighted by Crippen LogP contribution is 2.34. The van der Waals surface area contributed by atoms with Gasteiger partial charge in [0.2, 0.25) is 5.82 Å². The Labute approximate surface area is 179 Å². The Morgan fingerprint density at radius 1 is 1.06 bits per heavy atom. The number of amides is 2. The van der Waals surface area contributed by atoms with Crippen molar-refractivity contribution in [3.63, 3.8) is 0 Å². The number of likely N-dealkylation sites (tertiary alicyclic amines) is 1. The molecular weight excluding hydrogens is 396 g/mol. The molecule has 3 aromatic rings. The van der Waals surface area contributed by atoms with Crippen molar-refractivity contribution in [2.24, 2.45) is 0 Å². The largest absolute Gasteiger partial charge is 0.476 e. The van der Waals surface area contributed by atoms with Gasteiger partial charge >= 0.3 is 0 Å². The molecule has 0 N–H and O–H groups in total. The number of benzene rings is 1. The zero-order chi connectivity index (χ0) is 21.5. The number of aromatic nitrogens is 4. The first kappa shape index (κ1) is 19.5. The minimum atomic E-state index is -0.754. The Morgan fingerprint density at radius 3 is 2.65 bits per heavy atom. The smallest absolute Gasteiger partial charge is 0.298 e. The van der Waals surface area contributed by atoms with Gasteiger partial charge in [-0.2, -0.15) is 4.98 Å². The van der Waals surface area contributed by atoms with E-state index < -0.39 is 6.10 Å². The third-order valence-electron chi connectivity index (χ3n) is 5.77. The Morgan fingerprint density at radius 2 is 1.84 bits per heavy atom. The maximum Gasteiger partial charge on any atom is 0.298 e. The van der Waals surface area contributed by atoms with Crippen LogP contribution in [0.15, 0.2) is 30.3 Å². The Balaban J connectivity index is 1.49. The van der Waals surface area contributed by atoms with Crippen molar-refractivity contribution in [2.75, 3.05) is 24.5 Å². The summed E-state index contributed by atoms with van der Waals surface area (Å²) in [7, 11) is 0. The maximum atomic E-state index is 13.5. The minimum Gasteiger partial charge on any atom is -0.476 e. The van der Waals surface area contributed by atoms with E-state index in [4.69, 9.17) is 4.74 Å². The van der Waals surface area contributed by atoms with E-state index in [1.54, 1.807) is 21.5 Å². The molecule has 1 aromatic carbocycles. The van der Waals surface area contributed by atoms with Gasteiger partial charge in [0.1, 0.15) is 5.75 Å². The molecule has 9 heteroatoms. The molecule has 0 aliphatic carbocycles. The van der Waals surface area contributed by atoms with E-state index in [0.29, 0.717) is 17.2 Å². The van der Waals surface area contributed by atoms with Crippen LogP contribution in [0.2, 0.25) is 0 Å². The molecule has 2 aliphatic rings. The molecule has 2 amide bonds. The molecule has 9 nitrogen and oxygen atoms in total. The zero-order valence-electron chi connectivity index (χ0n) is 17.6. The van der Waals surface area contributed by atoms with Crippen LogP contribution in [0.4, 0.5) is 5.69 Å². The first-order chi connectivity index (χ1) is 15.0. The van der Waals surface area contributed by atoms with E-state index >= 15 is 0 Å². The zero-order valence-corrected chi connectivity index (χ0v) is 17.6. The standard InChI is InChI=1S/C22H24N6O3/c1-14-12-15(2)28-22(23-14)24-19(25-28)21(30)27-13-18(20(29)26-10-6-3-7-11-26)31-17-9-5-4-8-16(17)27/h4-5,8-9,12,18H,3,6-7,10-11,13H2,1-2H3. The molecule has 31 heavy (non-hydrogen) atoms. The van der Waals surface area contributed by atoms with Gasteiger partial charge in [0.05, 0.1) is 12.2 Å². The number of anilines is 1. The summed E-state index contributed by atoms with van der Waals surface area (Å²) < 4.78 is 7.57. The number of fused-ring (bicyclic) bond motifs is 2. The van der Waals surface area contributed by atoms with Gasteiger partial charge in [0.15, 0.2) is 6.10 Å². The van der Waals surface area contributed by atoms with Crippen LogP contribution in [0.5, 0.6) is 5.75 Å². The van der Waals surface area contributed by atoms with E-state index in [-0.39, 0.29) is 24.2 Å². The van der Waals surface area contributed by atoms with Crippen LogP contribution in [0.3, 0.4) is 0 Å². The van der Waals surface area contributed by atoms with Gasteiger partial charge in [0, 0.05) is 24.5 Å². The average Bonchev–Trinajstić information content (AvgIpc) is 3.22. The van der Waals surface area contributed by atoms with E-state index in [2.05, 4.69) is 15.1 Å². The highest BCUT2D eigenvalue weighted by atomic mass is 16.5. The van der Waals surface area contributed by atoms with Crippen LogP contribution in [-0.2, 0) is 4.79 Å². The van der Waals surface area contributed by atoms with Gasteiger partial charge in [-0.25, -0.2) is 9.50 Å². The highest BCUT2D eigenvalue weighted by Gasteiger charge is 2.37. The second kappa shape index (κ2) is 7.64. The number of ether oxygens (including phenoxy) is 1. The van der Waals surface area contributed by atoms with Gasteiger partial charge < -0.3 is 9.64 Å². The van der Waals surface area contributed by atoms with E-state index in [1.807, 2.05) is 36.9 Å². The quantitative estimate of drug-likeness (QED) is 0.631. The molecule has 2 aliphatic heterocycles. The van der Waals surface area contributed by atoms with Gasteiger partial charge in [-0.15, -0.1) is 5.10 Å². The molecule has 0 saturated carbocycles. The SMILES string of the molecule is Cc1cc(C)n2nc(C(=O)N3CC(C(=O)N4CCCCC4)Oc4ccccc43)nc2n1. The molecule has 1 saturated heterocycles. The van der Waals surface area contributed by atoms with Crippen molar-refractivity contribution in [1.82, 2.24) is 24.5 Å². The third kappa shape index (κ3) is 3.49. The van der Waals surface area contributed by atoms with Crippen molar-refractivity contribution >= 4 is 23.3 Å². The van der Waals surface area contributed by atoms with Crippen molar-refractivity contribution < 1.29 is 14.3 Å². The average molecular weight is 420 g/mol. The summed E-state index contributed by atoms with van der Waals surface area (Å²) in [6.45, 7) is 5.34. The lowest BCUT2D eigenvalue weighted by Gasteiger charge is -2.37. The molecule has 4 heterocycles. The summed E-state index contributed by atoms with van der Waals surface area (Å²) in [6.07, 6.45) is 2.37. The van der Waals surface area contributed by atoms with Crippen LogP contribution in [0, 0.1) is 13.8 Å². The van der Waals surface area contributed by atoms with Crippen LogP contribution in [0.1, 0.15) is 41.3 Å². The predicted molar refractivity (Wildman–Crippen MR) is 113 cm³/mol. The predicted octanol–water partition coefficient (Wildman–Crippen LogP) is 2.16. The lowest BCUT2D eigenvalue weighted by Crippen LogP contribution is -2.53. The molecule has 1 unspecified atom stereocenters. The third-order valence-corrected chi connectivity index (χ3v) is 5.77. The van der Waals surface area contributed by atoms with Crippen molar-refractivity contribution in [3.05, 3.63) is 47.5 Å². The van der Waals surface area contributed by atoms with E-state index in [0.717, 1.165) is 43.7 Å². The Hall–Kier alpha value is -3.49. The molecule has 0 bridgehead atoms. The monoisotopic (exact) mass is 420 g/mol. The second-order valence-electron chi connectivity index (χ2n) is 8.06. The summed E-state index contributed by atoms with van der Waals surface area (Å²) in [5.74, 6) is 0.467. The first-order valence-electron chi connectivity index (χ1n) is 10.6. The van der Waals surface area contributed by atoms with Crippen LogP contribution in [-0.4, -0.2) is 62.0 Å². The molecule has 1 fully saturated rings. The van der Waals surface area contributed by atoms with Gasteiger partial charge in [0.25, 0.3) is 17.6 Å². The number of rotatable bonds is 2. The lowest BCUT2D eigenvalue weighted by molar-refractivity contribution is -0.139. The van der Waals surface area contributed by atoms with Crippen molar-refractivity contribution in [1.29, 1.82) is 0 Å². The molecule has 0 spiro atoms. The summed E-state index contributed by atoms with van der Waals surface area (Å²) in [5.41, 5.74) is 2.25. The van der Waals surface area contributed by atoms with E-state index in [9.17, 15) is 9.59 Å². The highest BCUT2D eigenvalue weighted by molar-refractivity contribution is 6.05. The maximum absolute atomic E-state index is 13.5. The van der Waals surface area contributed by atoms with Crippen LogP contribution >= 0.6 is 0 Å². The number of para-hydroxylation sites is 2. The van der Waals surface area contributed by atoms with Crippen molar-refractivity contribution in [2.45, 2.75) is 39.2 Å². The number of nitrogens with zero attached hydrogens (tertiary/aromatic N) is 6. The number of piperidine rings is 1. The Kier molecular flexibility index (Phi) is 4.80. The fourth-order valence-corrected chi connectivity index (χ4v) is 4.25. The number of aryl methyl sites for hydroxylation is 2. The summed E-state index contributed by atoms with van der Waals surface area (Å²) in [4.78, 5) is 38.7. The number of hydrogen-bond acceptors (Lipinski definition) is 6. The summed E-state index contributed by atoms with van der Waals surface area (Å²) in [5, 5.41) is 4.38. The van der Waals surface area contributed by atoms with Crippen molar-refractivity contribution in [3.8, 4) is 5.75 Å². The van der Waals surface area contributed by atoms with Crippen LogP contribution in [0.25, 0.3) is 5.78 Å². The topological polar surface area (TPSA) is 92.9 Å². The fraction of sp³-hybridized carbons (Fsp3) is 0.409. The van der Waals surface area contributed by atoms with Gasteiger partial charge in [-0.3, -0.25) is 14.5 Å². The molecule has 160 valence electrons. The molecule has 5 rings (SSSR count). The minimum absolute atomic E-state index is 0.0436. The summed E-state index contributed by atoms with van der Waals surface area (Å²) >= 11 is 0. The normalized spacial score (nSPS) is 18.6. The number of carbonyl (C=O) groups is 2. The molecule has 2 aromatic heterocycles. The lowest BCUT2D eigenvalue weighted by atomic mass is 10.1. The van der Waals surface area contributed by atoms with Gasteiger partial charge in [-0.05, 0) is 51.3 Å². The van der Waals surface area contributed by atoms with Crippen LogP contribution < -0.4 is 9.64 Å². The van der Waals surface area contributed by atoms with E-state index in [1.165, 1.54) is 0 Å². The summed E-state index contributed by atoms with van der Waals surface area (Å²) in [6, 6.07) is 9.12. The Bertz CT molecular complexity index is 1170. The van der Waals surface area contributed by atoms with Gasteiger partial charge in [-0.1, -0.05) is 12.1 Å². The molecule has 1 atom stereocenters. The number of hydrogen-bond donors (Lipinski definition) is 0.